The third-order valence-electron chi connectivity index (χ3n) is 3.86. The number of carbonyl (C=O) groups excluding carboxylic acids is 2. The molecule has 0 saturated carbocycles. The zero-order chi connectivity index (χ0) is 18.2. The van der Waals surface area contributed by atoms with Crippen LogP contribution in [0.25, 0.3) is 0 Å². The second-order valence-corrected chi connectivity index (χ2v) is 6.47. The van der Waals surface area contributed by atoms with Gasteiger partial charge in [-0.2, -0.15) is 8.78 Å². The Morgan fingerprint density at radius 2 is 2.12 bits per heavy atom. The highest BCUT2D eigenvalue weighted by Gasteiger charge is 2.51. The first-order valence-electron chi connectivity index (χ1n) is 7.22. The van der Waals surface area contributed by atoms with Gasteiger partial charge in [-0.15, -0.1) is 0 Å². The van der Waals surface area contributed by atoms with E-state index in [1.54, 1.807) is 12.1 Å². The van der Waals surface area contributed by atoms with Crippen LogP contribution in [-0.4, -0.2) is 23.4 Å². The van der Waals surface area contributed by atoms with E-state index in [-0.39, 0.29) is 23.6 Å². The molecule has 3 rings (SSSR count). The summed E-state index contributed by atoms with van der Waals surface area (Å²) in [4.78, 5) is 25.9. The third kappa shape index (κ3) is 3.23. The number of urea groups is 1. The monoisotopic (exact) mass is 414 g/mol. The van der Waals surface area contributed by atoms with Crippen LogP contribution in [0.4, 0.5) is 13.6 Å². The number of furan rings is 1. The lowest BCUT2D eigenvalue weighted by molar-refractivity contribution is -0.132. The molecule has 1 aliphatic heterocycles. The molecule has 0 unspecified atom stereocenters. The minimum Gasteiger partial charge on any atom is -0.466 e. The quantitative estimate of drug-likeness (QED) is 0.758. The molecule has 1 aliphatic rings. The number of rotatable bonds is 5. The largest absolute Gasteiger partial charge is 0.466 e. The van der Waals surface area contributed by atoms with Crippen molar-refractivity contribution in [2.45, 2.75) is 25.6 Å². The number of ether oxygens (including phenoxy) is 1. The van der Waals surface area contributed by atoms with Gasteiger partial charge in [0.25, 0.3) is 5.91 Å². The van der Waals surface area contributed by atoms with Gasteiger partial charge in [-0.3, -0.25) is 9.69 Å². The van der Waals surface area contributed by atoms with Crippen LogP contribution in [-0.2, 0) is 16.9 Å². The van der Waals surface area contributed by atoms with Gasteiger partial charge >= 0.3 is 12.6 Å². The Morgan fingerprint density at radius 1 is 1.36 bits per heavy atom. The van der Waals surface area contributed by atoms with E-state index in [9.17, 15) is 18.4 Å². The number of benzene rings is 1. The Bertz CT molecular complexity index is 812. The fraction of sp³-hybridized carbons (Fsp3) is 0.250. The van der Waals surface area contributed by atoms with Crippen LogP contribution >= 0.6 is 15.9 Å². The molecule has 6 nitrogen and oxygen atoms in total. The zero-order valence-electron chi connectivity index (χ0n) is 13.0. The third-order valence-corrected chi connectivity index (χ3v) is 4.35. The van der Waals surface area contributed by atoms with Crippen LogP contribution in [0.2, 0.25) is 0 Å². The molecule has 25 heavy (non-hydrogen) atoms. The van der Waals surface area contributed by atoms with E-state index in [2.05, 4.69) is 26.0 Å². The van der Waals surface area contributed by atoms with Gasteiger partial charge in [0.1, 0.15) is 11.5 Å². The van der Waals surface area contributed by atoms with E-state index in [1.807, 2.05) is 0 Å². The molecule has 1 saturated heterocycles. The Morgan fingerprint density at radius 3 is 2.76 bits per heavy atom. The normalized spacial score (nSPS) is 20.3. The predicted octanol–water partition coefficient (Wildman–Crippen LogP) is 3.61. The van der Waals surface area contributed by atoms with E-state index in [4.69, 9.17) is 4.42 Å². The van der Waals surface area contributed by atoms with E-state index in [0.717, 1.165) is 4.90 Å². The maximum absolute atomic E-state index is 12.7. The van der Waals surface area contributed by atoms with Crippen molar-refractivity contribution in [3.8, 4) is 5.75 Å². The van der Waals surface area contributed by atoms with Crippen molar-refractivity contribution >= 4 is 27.9 Å². The lowest BCUT2D eigenvalue weighted by Crippen LogP contribution is -2.40. The number of imide groups is 1. The fourth-order valence-corrected chi connectivity index (χ4v) is 3.03. The van der Waals surface area contributed by atoms with Crippen LogP contribution in [0, 0.1) is 0 Å². The number of hydrogen-bond donors (Lipinski definition) is 1. The molecule has 1 aromatic carbocycles. The number of amides is 3. The topological polar surface area (TPSA) is 71.8 Å². The summed E-state index contributed by atoms with van der Waals surface area (Å²) < 4.78 is 35.4. The maximum Gasteiger partial charge on any atom is 0.387 e. The summed E-state index contributed by atoms with van der Waals surface area (Å²) in [6, 6.07) is 6.92. The second kappa shape index (κ2) is 6.47. The summed E-state index contributed by atoms with van der Waals surface area (Å²) in [7, 11) is 0. The van der Waals surface area contributed by atoms with Crippen LogP contribution in [0.15, 0.2) is 45.5 Å². The first kappa shape index (κ1) is 17.4. The fourth-order valence-electron chi connectivity index (χ4n) is 2.62. The zero-order valence-corrected chi connectivity index (χ0v) is 14.5. The number of nitrogens with one attached hydrogen (secondary N) is 1. The number of hydrogen-bond acceptors (Lipinski definition) is 4. The smallest absolute Gasteiger partial charge is 0.387 e. The molecule has 1 N–H and O–H groups in total. The molecule has 0 radical (unpaired) electrons. The summed E-state index contributed by atoms with van der Waals surface area (Å²) in [5.41, 5.74) is -1.09. The molecule has 2 heterocycles. The molecule has 9 heteroatoms. The molecule has 0 bridgehead atoms. The SMILES string of the molecule is C[C@]1(c2ccco2)NC(=O)N(Cc2cc(Br)ccc2OC(F)F)C1=O. The summed E-state index contributed by atoms with van der Waals surface area (Å²) in [6.07, 6.45) is 1.39. The lowest BCUT2D eigenvalue weighted by atomic mass is 9.99. The number of alkyl halides is 2. The minimum absolute atomic E-state index is 0.106. The minimum atomic E-state index is -3.02. The highest BCUT2D eigenvalue weighted by atomic mass is 79.9. The molecule has 0 spiro atoms. The lowest BCUT2D eigenvalue weighted by Gasteiger charge is -2.20. The number of nitrogens with zero attached hydrogens (tertiary/aromatic N) is 1. The molecule has 132 valence electrons. The molecule has 2 aromatic rings. The van der Waals surface area contributed by atoms with Gasteiger partial charge < -0.3 is 14.5 Å². The van der Waals surface area contributed by atoms with Gasteiger partial charge in [-0.05, 0) is 37.3 Å². The van der Waals surface area contributed by atoms with Crippen molar-refractivity contribution in [3.63, 3.8) is 0 Å². The van der Waals surface area contributed by atoms with Crippen LogP contribution in [0.1, 0.15) is 18.2 Å². The predicted molar refractivity (Wildman–Crippen MR) is 85.9 cm³/mol. The van der Waals surface area contributed by atoms with Gasteiger partial charge in [-0.1, -0.05) is 15.9 Å². The van der Waals surface area contributed by atoms with Gasteiger partial charge in [0, 0.05) is 10.0 Å². The summed E-state index contributed by atoms with van der Waals surface area (Å²) >= 11 is 3.23. The number of halogens is 3. The molecule has 1 atom stereocenters. The molecule has 1 fully saturated rings. The van der Waals surface area contributed by atoms with Crippen LogP contribution in [0.3, 0.4) is 0 Å². The Hall–Kier alpha value is -2.42. The van der Waals surface area contributed by atoms with Crippen molar-refractivity contribution in [1.29, 1.82) is 0 Å². The van der Waals surface area contributed by atoms with Crippen molar-refractivity contribution < 1.29 is 27.5 Å². The van der Waals surface area contributed by atoms with Crippen molar-refractivity contribution in [2.75, 3.05) is 0 Å². The van der Waals surface area contributed by atoms with Gasteiger partial charge in [0.05, 0.1) is 12.8 Å². The van der Waals surface area contributed by atoms with E-state index in [0.29, 0.717) is 4.47 Å². The first-order valence-corrected chi connectivity index (χ1v) is 8.02. The van der Waals surface area contributed by atoms with Crippen LogP contribution < -0.4 is 10.1 Å². The molecular formula is C16H13BrF2N2O4. The molecule has 3 amide bonds. The summed E-state index contributed by atoms with van der Waals surface area (Å²) in [6.45, 7) is -1.72. The van der Waals surface area contributed by atoms with E-state index < -0.39 is 24.1 Å². The van der Waals surface area contributed by atoms with Crippen molar-refractivity contribution in [2.24, 2.45) is 0 Å². The van der Waals surface area contributed by atoms with E-state index >= 15 is 0 Å². The highest BCUT2D eigenvalue weighted by Crippen LogP contribution is 2.32. The summed E-state index contributed by atoms with van der Waals surface area (Å²) in [5.74, 6) is -0.368. The van der Waals surface area contributed by atoms with Crippen molar-refractivity contribution in [3.05, 3.63) is 52.4 Å². The number of carbonyl (C=O) groups is 2. The van der Waals surface area contributed by atoms with Crippen molar-refractivity contribution in [1.82, 2.24) is 10.2 Å². The molecular weight excluding hydrogens is 402 g/mol. The first-order chi connectivity index (χ1) is 11.8. The van der Waals surface area contributed by atoms with Gasteiger partial charge in [0.2, 0.25) is 0 Å². The summed E-state index contributed by atoms with van der Waals surface area (Å²) in [5, 5.41) is 2.57. The molecule has 0 aliphatic carbocycles. The van der Waals surface area contributed by atoms with Crippen LogP contribution in [0.5, 0.6) is 5.75 Å². The van der Waals surface area contributed by atoms with Gasteiger partial charge in [-0.25, -0.2) is 4.79 Å². The molecule has 1 aromatic heterocycles. The Labute approximate surface area is 149 Å². The second-order valence-electron chi connectivity index (χ2n) is 5.55. The van der Waals surface area contributed by atoms with E-state index in [1.165, 1.54) is 31.4 Å². The standard InChI is InChI=1S/C16H13BrF2N2O4/c1-16(12-3-2-6-24-12)13(22)21(15(23)20-16)8-9-7-10(17)4-5-11(9)25-14(18)19/h2-7,14H,8H2,1H3,(H,20,23)/t16-/m1/s1. The average molecular weight is 415 g/mol. The Kier molecular flexibility index (Phi) is 4.51. The highest BCUT2D eigenvalue weighted by molar-refractivity contribution is 9.10. The Balaban J connectivity index is 1.90. The van der Waals surface area contributed by atoms with Gasteiger partial charge in [0.15, 0.2) is 5.54 Å². The average Bonchev–Trinajstić information content (AvgIpc) is 3.14. The maximum atomic E-state index is 12.7.